The molecule has 3 rings (SSSR count). The summed E-state index contributed by atoms with van der Waals surface area (Å²) in [4.78, 5) is 5.78. The van der Waals surface area contributed by atoms with E-state index < -0.39 is 0 Å². The van der Waals surface area contributed by atoms with E-state index in [9.17, 15) is 0 Å². The first-order chi connectivity index (χ1) is 10.1. The smallest absolute Gasteiger partial charge is 0.194 e. The second kappa shape index (κ2) is 5.70. The van der Waals surface area contributed by atoms with Crippen LogP contribution in [0.25, 0.3) is 5.69 Å². The Morgan fingerprint density at radius 2 is 1.38 bits per heavy atom. The summed E-state index contributed by atoms with van der Waals surface area (Å²) in [7, 11) is 0. The number of thiazole rings is 1. The normalized spacial score (nSPS) is 11.9. The highest BCUT2D eigenvalue weighted by molar-refractivity contribution is 7.07. The highest BCUT2D eigenvalue weighted by atomic mass is 32.1. The summed E-state index contributed by atoms with van der Waals surface area (Å²) in [5.41, 5.74) is 5.87. The minimum absolute atomic E-state index is 0.989. The molecule has 0 fully saturated rings. The van der Waals surface area contributed by atoms with Crippen LogP contribution in [0.5, 0.6) is 0 Å². The quantitative estimate of drug-likeness (QED) is 0.652. The van der Waals surface area contributed by atoms with Gasteiger partial charge in [0.15, 0.2) is 4.80 Å². The second-order valence-corrected chi connectivity index (χ2v) is 6.11. The van der Waals surface area contributed by atoms with Crippen molar-refractivity contribution in [3.8, 4) is 5.69 Å². The van der Waals surface area contributed by atoms with Crippen LogP contribution in [0.2, 0.25) is 0 Å². The molecule has 0 atom stereocenters. The molecule has 0 radical (unpaired) electrons. The van der Waals surface area contributed by atoms with Crippen molar-refractivity contribution in [3.05, 3.63) is 75.5 Å². The van der Waals surface area contributed by atoms with Crippen LogP contribution >= 0.6 is 11.3 Å². The molecule has 2 nitrogen and oxygen atoms in total. The SMILES string of the molecule is Cc1ccc(N=c2scc(C)n2-c2ccc(C)cc2)cc1. The van der Waals surface area contributed by atoms with Crippen LogP contribution in [0.1, 0.15) is 16.8 Å². The van der Waals surface area contributed by atoms with Crippen molar-refractivity contribution in [1.82, 2.24) is 4.57 Å². The third kappa shape index (κ3) is 2.98. The summed E-state index contributed by atoms with van der Waals surface area (Å²) in [6.07, 6.45) is 0. The van der Waals surface area contributed by atoms with Gasteiger partial charge in [-0.15, -0.1) is 11.3 Å². The molecule has 3 heteroatoms. The number of benzene rings is 2. The lowest BCUT2D eigenvalue weighted by molar-refractivity contribution is 0.953. The Kier molecular flexibility index (Phi) is 3.76. The van der Waals surface area contributed by atoms with Gasteiger partial charge in [0.1, 0.15) is 0 Å². The largest absolute Gasteiger partial charge is 0.290 e. The Balaban J connectivity index is 2.12. The predicted octanol–water partition coefficient (Wildman–Crippen LogP) is 4.70. The molecule has 0 aliphatic rings. The number of aryl methyl sites for hydroxylation is 3. The summed E-state index contributed by atoms with van der Waals surface area (Å²) in [6.45, 7) is 6.31. The van der Waals surface area contributed by atoms with Gasteiger partial charge in [0.2, 0.25) is 0 Å². The number of aromatic nitrogens is 1. The van der Waals surface area contributed by atoms with E-state index in [0.29, 0.717) is 0 Å². The highest BCUT2D eigenvalue weighted by Crippen LogP contribution is 2.15. The number of hydrogen-bond acceptors (Lipinski definition) is 2. The van der Waals surface area contributed by atoms with Crippen LogP contribution in [-0.2, 0) is 0 Å². The molecule has 0 N–H and O–H groups in total. The molecule has 0 spiro atoms. The molecular formula is C18H18N2S. The third-order valence-electron chi connectivity index (χ3n) is 3.43. The molecule has 1 aromatic heterocycles. The van der Waals surface area contributed by atoms with Gasteiger partial charge in [0, 0.05) is 16.8 Å². The first kappa shape index (κ1) is 13.8. The number of nitrogens with zero attached hydrogens (tertiary/aromatic N) is 2. The van der Waals surface area contributed by atoms with Crippen molar-refractivity contribution >= 4 is 17.0 Å². The molecule has 3 aromatic rings. The van der Waals surface area contributed by atoms with Gasteiger partial charge in [-0.3, -0.25) is 4.57 Å². The molecule has 1 heterocycles. The molecule has 21 heavy (non-hydrogen) atoms. The number of hydrogen-bond donors (Lipinski definition) is 0. The van der Waals surface area contributed by atoms with Crippen LogP contribution in [0.15, 0.2) is 58.9 Å². The molecule has 2 aromatic carbocycles. The second-order valence-electron chi connectivity index (χ2n) is 5.28. The van der Waals surface area contributed by atoms with Gasteiger partial charge in [0.05, 0.1) is 5.69 Å². The fourth-order valence-corrected chi connectivity index (χ4v) is 3.10. The minimum atomic E-state index is 0.989. The molecule has 0 aliphatic carbocycles. The maximum atomic E-state index is 4.78. The lowest BCUT2D eigenvalue weighted by Crippen LogP contribution is -2.13. The molecular weight excluding hydrogens is 276 g/mol. The van der Waals surface area contributed by atoms with E-state index in [0.717, 1.165) is 16.2 Å². The third-order valence-corrected chi connectivity index (χ3v) is 4.37. The van der Waals surface area contributed by atoms with Gasteiger partial charge >= 0.3 is 0 Å². The Hall–Kier alpha value is -2.13. The van der Waals surface area contributed by atoms with Gasteiger partial charge < -0.3 is 0 Å². The Morgan fingerprint density at radius 1 is 0.810 bits per heavy atom. The summed E-state index contributed by atoms with van der Waals surface area (Å²) in [5, 5.41) is 2.15. The van der Waals surface area contributed by atoms with Crippen LogP contribution < -0.4 is 4.80 Å². The predicted molar refractivity (Wildman–Crippen MR) is 89.5 cm³/mol. The van der Waals surface area contributed by atoms with E-state index >= 15 is 0 Å². The topological polar surface area (TPSA) is 17.3 Å². The zero-order valence-corrected chi connectivity index (χ0v) is 13.3. The van der Waals surface area contributed by atoms with E-state index in [4.69, 9.17) is 4.99 Å². The maximum Gasteiger partial charge on any atom is 0.194 e. The van der Waals surface area contributed by atoms with E-state index in [1.54, 1.807) is 11.3 Å². The van der Waals surface area contributed by atoms with Crippen molar-refractivity contribution in [2.75, 3.05) is 0 Å². The van der Waals surface area contributed by atoms with Gasteiger partial charge in [-0.1, -0.05) is 35.4 Å². The molecule has 0 saturated heterocycles. The van der Waals surface area contributed by atoms with E-state index in [1.807, 2.05) is 0 Å². The lowest BCUT2D eigenvalue weighted by atomic mass is 10.2. The zero-order chi connectivity index (χ0) is 14.8. The van der Waals surface area contributed by atoms with Gasteiger partial charge in [-0.2, -0.15) is 0 Å². The zero-order valence-electron chi connectivity index (χ0n) is 12.5. The Morgan fingerprint density at radius 3 is 2.00 bits per heavy atom. The van der Waals surface area contributed by atoms with Gasteiger partial charge in [0.25, 0.3) is 0 Å². The lowest BCUT2D eigenvalue weighted by Gasteiger charge is -2.06. The molecule has 0 saturated carbocycles. The van der Waals surface area contributed by atoms with Crippen molar-refractivity contribution in [3.63, 3.8) is 0 Å². The average Bonchev–Trinajstić information content (AvgIpc) is 2.83. The van der Waals surface area contributed by atoms with Crippen LogP contribution in [0.3, 0.4) is 0 Å². The molecule has 0 bridgehead atoms. The molecule has 0 aliphatic heterocycles. The number of rotatable bonds is 2. The average molecular weight is 294 g/mol. The summed E-state index contributed by atoms with van der Waals surface area (Å²) >= 11 is 1.67. The summed E-state index contributed by atoms with van der Waals surface area (Å²) in [5.74, 6) is 0. The van der Waals surface area contributed by atoms with E-state index in [2.05, 4.69) is 79.2 Å². The summed E-state index contributed by atoms with van der Waals surface area (Å²) in [6, 6.07) is 16.9. The fraction of sp³-hybridized carbons (Fsp3) is 0.167. The molecule has 0 unspecified atom stereocenters. The van der Waals surface area contributed by atoms with Gasteiger partial charge in [-0.25, -0.2) is 4.99 Å². The molecule has 106 valence electrons. The van der Waals surface area contributed by atoms with Crippen LogP contribution in [-0.4, -0.2) is 4.57 Å². The monoisotopic (exact) mass is 294 g/mol. The first-order valence-electron chi connectivity index (χ1n) is 6.99. The minimum Gasteiger partial charge on any atom is -0.290 e. The van der Waals surface area contributed by atoms with Crippen LogP contribution in [0.4, 0.5) is 5.69 Å². The standard InChI is InChI=1S/C18H18N2S/c1-13-4-8-16(9-5-13)19-18-20(15(3)12-21-18)17-10-6-14(2)7-11-17/h4-12H,1-3H3. The van der Waals surface area contributed by atoms with E-state index in [1.165, 1.54) is 16.8 Å². The Labute approximate surface area is 129 Å². The van der Waals surface area contributed by atoms with Gasteiger partial charge in [-0.05, 0) is 45.0 Å². The first-order valence-corrected chi connectivity index (χ1v) is 7.87. The molecule has 0 amide bonds. The summed E-state index contributed by atoms with van der Waals surface area (Å²) < 4.78 is 2.20. The van der Waals surface area contributed by atoms with Crippen molar-refractivity contribution in [1.29, 1.82) is 0 Å². The van der Waals surface area contributed by atoms with Crippen LogP contribution in [0, 0.1) is 20.8 Å². The van der Waals surface area contributed by atoms with Crippen molar-refractivity contribution in [2.45, 2.75) is 20.8 Å². The highest BCUT2D eigenvalue weighted by Gasteiger charge is 2.04. The van der Waals surface area contributed by atoms with Crippen molar-refractivity contribution < 1.29 is 0 Å². The fourth-order valence-electron chi connectivity index (χ4n) is 2.21. The van der Waals surface area contributed by atoms with Crippen molar-refractivity contribution in [2.24, 2.45) is 4.99 Å². The Bertz CT molecular complexity index is 806. The van der Waals surface area contributed by atoms with E-state index in [-0.39, 0.29) is 0 Å². The maximum absolute atomic E-state index is 4.78.